The minimum Gasteiger partial charge on any atom is -0.370 e. The Labute approximate surface area is 147 Å². The first-order valence-corrected chi connectivity index (χ1v) is 8.70. The monoisotopic (exact) mass is 328 g/mol. The van der Waals surface area contributed by atoms with Crippen molar-refractivity contribution in [3.8, 4) is 23.0 Å². The average molecular weight is 328 g/mol. The number of aryl methyl sites for hydroxylation is 1. The first kappa shape index (κ1) is 15.5. The van der Waals surface area contributed by atoms with Gasteiger partial charge in [0.05, 0.1) is 16.9 Å². The number of nitriles is 1. The molecule has 4 rings (SSSR count). The Kier molecular flexibility index (Phi) is 3.99. The van der Waals surface area contributed by atoms with Crippen molar-refractivity contribution in [2.45, 2.75) is 26.2 Å². The van der Waals surface area contributed by atoms with Crippen LogP contribution in [0.15, 0.2) is 48.5 Å². The molecule has 4 nitrogen and oxygen atoms in total. The van der Waals surface area contributed by atoms with E-state index in [1.54, 1.807) is 0 Å². The zero-order chi connectivity index (χ0) is 17.2. The summed E-state index contributed by atoms with van der Waals surface area (Å²) in [5.74, 6) is 1.02. The highest BCUT2D eigenvalue weighted by molar-refractivity contribution is 5.72. The predicted molar refractivity (Wildman–Crippen MR) is 99.9 cm³/mol. The average Bonchev–Trinajstić information content (AvgIpc) is 2.83. The molecule has 0 bridgehead atoms. The number of rotatable bonds is 2. The van der Waals surface area contributed by atoms with E-state index in [-0.39, 0.29) is 0 Å². The summed E-state index contributed by atoms with van der Waals surface area (Å²) < 4.78 is 1.91. The Morgan fingerprint density at radius 2 is 1.88 bits per heavy atom. The summed E-state index contributed by atoms with van der Waals surface area (Å²) in [5.41, 5.74) is 6.08. The van der Waals surface area contributed by atoms with Gasteiger partial charge in [-0.1, -0.05) is 42.0 Å². The van der Waals surface area contributed by atoms with Crippen molar-refractivity contribution in [3.63, 3.8) is 0 Å². The van der Waals surface area contributed by atoms with Gasteiger partial charge in [-0.25, -0.2) is 4.68 Å². The van der Waals surface area contributed by atoms with E-state index >= 15 is 0 Å². The maximum Gasteiger partial charge on any atom is 0.133 e. The molecule has 0 radical (unpaired) electrons. The van der Waals surface area contributed by atoms with Gasteiger partial charge in [0.15, 0.2) is 0 Å². The Bertz CT molecular complexity index is 945. The molecule has 0 fully saturated rings. The fourth-order valence-corrected chi connectivity index (χ4v) is 3.37. The van der Waals surface area contributed by atoms with Gasteiger partial charge < -0.3 is 5.32 Å². The van der Waals surface area contributed by atoms with E-state index in [1.807, 2.05) is 28.9 Å². The molecule has 2 aromatic carbocycles. The molecule has 1 aliphatic rings. The summed E-state index contributed by atoms with van der Waals surface area (Å²) in [6, 6.07) is 18.4. The van der Waals surface area contributed by atoms with Gasteiger partial charge in [0.2, 0.25) is 0 Å². The van der Waals surface area contributed by atoms with Crippen LogP contribution in [-0.2, 0) is 6.42 Å². The summed E-state index contributed by atoms with van der Waals surface area (Å²) in [4.78, 5) is 0. The van der Waals surface area contributed by atoms with E-state index in [1.165, 1.54) is 11.1 Å². The molecular formula is C21H20N4. The zero-order valence-corrected chi connectivity index (χ0v) is 14.3. The van der Waals surface area contributed by atoms with Crippen LogP contribution in [0.3, 0.4) is 0 Å². The molecule has 124 valence electrons. The van der Waals surface area contributed by atoms with Crippen LogP contribution >= 0.6 is 0 Å². The Balaban J connectivity index is 1.94. The first-order valence-electron chi connectivity index (χ1n) is 8.70. The number of fused-ring (bicyclic) bond motifs is 1. The van der Waals surface area contributed by atoms with Gasteiger partial charge in [-0.05, 0) is 38.3 Å². The van der Waals surface area contributed by atoms with E-state index < -0.39 is 0 Å². The third-order valence-electron chi connectivity index (χ3n) is 4.71. The Morgan fingerprint density at radius 1 is 1.08 bits per heavy atom. The van der Waals surface area contributed by atoms with Crippen molar-refractivity contribution in [2.24, 2.45) is 0 Å². The van der Waals surface area contributed by atoms with E-state index in [4.69, 9.17) is 5.10 Å². The lowest BCUT2D eigenvalue weighted by Crippen LogP contribution is -2.08. The lowest BCUT2D eigenvalue weighted by atomic mass is 10.0. The van der Waals surface area contributed by atoms with Gasteiger partial charge in [0.1, 0.15) is 11.9 Å². The first-order chi connectivity index (χ1) is 12.3. The van der Waals surface area contributed by atoms with Gasteiger partial charge in [-0.2, -0.15) is 10.4 Å². The number of para-hydroxylation sites is 1. The van der Waals surface area contributed by atoms with Crippen molar-refractivity contribution in [1.29, 1.82) is 5.26 Å². The molecule has 1 aromatic heterocycles. The van der Waals surface area contributed by atoms with Crippen molar-refractivity contribution < 1.29 is 0 Å². The van der Waals surface area contributed by atoms with Crippen molar-refractivity contribution in [1.82, 2.24) is 9.78 Å². The van der Waals surface area contributed by atoms with Crippen LogP contribution in [0.2, 0.25) is 0 Å². The molecule has 1 N–H and O–H groups in total. The maximum atomic E-state index is 9.48. The van der Waals surface area contributed by atoms with Crippen molar-refractivity contribution >= 4 is 5.82 Å². The van der Waals surface area contributed by atoms with Crippen molar-refractivity contribution in [2.75, 3.05) is 11.9 Å². The quantitative estimate of drug-likeness (QED) is 0.755. The van der Waals surface area contributed by atoms with Crippen LogP contribution in [0.25, 0.3) is 16.9 Å². The second-order valence-corrected chi connectivity index (χ2v) is 6.47. The van der Waals surface area contributed by atoms with Crippen molar-refractivity contribution in [3.05, 3.63) is 65.2 Å². The molecule has 0 spiro atoms. The highest BCUT2D eigenvalue weighted by Crippen LogP contribution is 2.34. The summed E-state index contributed by atoms with van der Waals surface area (Å²) >= 11 is 0. The number of nitrogens with zero attached hydrogens (tertiary/aromatic N) is 3. The third-order valence-corrected chi connectivity index (χ3v) is 4.71. The highest BCUT2D eigenvalue weighted by Gasteiger charge is 2.22. The molecule has 0 saturated heterocycles. The number of nitrogens with one attached hydrogen (secondary N) is 1. The summed E-state index contributed by atoms with van der Waals surface area (Å²) in [5, 5.41) is 17.9. The zero-order valence-electron chi connectivity index (χ0n) is 14.3. The van der Waals surface area contributed by atoms with Gasteiger partial charge in [0, 0.05) is 17.7 Å². The molecule has 0 atom stereocenters. The number of anilines is 1. The van der Waals surface area contributed by atoms with Crippen LogP contribution in [-0.4, -0.2) is 16.3 Å². The highest BCUT2D eigenvalue weighted by atomic mass is 15.3. The fourth-order valence-electron chi connectivity index (χ4n) is 3.37. The minimum absolute atomic E-state index is 0.634. The minimum atomic E-state index is 0.634. The summed E-state index contributed by atoms with van der Waals surface area (Å²) in [6.07, 6.45) is 3.28. The summed E-state index contributed by atoms with van der Waals surface area (Å²) in [7, 11) is 0. The van der Waals surface area contributed by atoms with E-state index in [9.17, 15) is 5.26 Å². The Morgan fingerprint density at radius 3 is 2.68 bits per heavy atom. The third kappa shape index (κ3) is 2.78. The fraction of sp³-hybridized carbons (Fsp3) is 0.238. The van der Waals surface area contributed by atoms with E-state index in [2.05, 4.69) is 42.6 Å². The van der Waals surface area contributed by atoms with Crippen LogP contribution in [0.1, 0.15) is 29.5 Å². The molecular weight excluding hydrogens is 308 g/mol. The molecule has 0 amide bonds. The topological polar surface area (TPSA) is 53.6 Å². The predicted octanol–water partition coefficient (Wildman–Crippen LogP) is 4.47. The van der Waals surface area contributed by atoms with Gasteiger partial charge in [0.25, 0.3) is 0 Å². The normalized spacial score (nSPS) is 13.4. The lowest BCUT2D eigenvalue weighted by Gasteiger charge is -2.10. The van der Waals surface area contributed by atoms with E-state index in [0.29, 0.717) is 5.56 Å². The molecule has 0 aliphatic carbocycles. The number of hydrogen-bond donors (Lipinski definition) is 1. The van der Waals surface area contributed by atoms with Gasteiger partial charge in [-0.3, -0.25) is 0 Å². The molecule has 2 heterocycles. The number of aromatic nitrogens is 2. The molecule has 1 aliphatic heterocycles. The van der Waals surface area contributed by atoms with Crippen LogP contribution < -0.4 is 5.32 Å². The second-order valence-electron chi connectivity index (χ2n) is 6.47. The van der Waals surface area contributed by atoms with Gasteiger partial charge >= 0.3 is 0 Å². The SMILES string of the molecule is Cc1ccc(-c2nn(-c3ccccc3C#N)c3c2CCCCN3)cc1. The summed E-state index contributed by atoms with van der Waals surface area (Å²) in [6.45, 7) is 3.02. The molecule has 0 unspecified atom stereocenters. The molecule has 4 heteroatoms. The standard InChI is InChI=1S/C21H20N4/c1-15-9-11-16(12-10-15)20-18-7-4-5-13-23-21(18)25(24-20)19-8-3-2-6-17(19)14-22/h2-3,6,8-12,23H,4-5,7,13H2,1H3. The molecule has 25 heavy (non-hydrogen) atoms. The molecule has 0 saturated carbocycles. The van der Waals surface area contributed by atoms with E-state index in [0.717, 1.165) is 48.6 Å². The maximum absolute atomic E-state index is 9.48. The van der Waals surface area contributed by atoms with Gasteiger partial charge in [-0.15, -0.1) is 0 Å². The lowest BCUT2D eigenvalue weighted by molar-refractivity contribution is 0.780. The second kappa shape index (κ2) is 6.45. The number of benzene rings is 2. The van der Waals surface area contributed by atoms with Crippen LogP contribution in [0, 0.1) is 18.3 Å². The molecule has 3 aromatic rings. The Hall–Kier alpha value is -3.06. The van der Waals surface area contributed by atoms with Crippen LogP contribution in [0.5, 0.6) is 0 Å². The number of hydrogen-bond acceptors (Lipinski definition) is 3. The largest absolute Gasteiger partial charge is 0.370 e. The van der Waals surface area contributed by atoms with Crippen LogP contribution in [0.4, 0.5) is 5.82 Å². The smallest absolute Gasteiger partial charge is 0.133 e.